The SMILES string of the molecule is COc1ccc(OCCCC(=O)Nc2ccc(Br)cc2Br)cc1. The van der Waals surface area contributed by atoms with Crippen LogP contribution in [0.15, 0.2) is 51.4 Å². The van der Waals surface area contributed by atoms with Crippen LogP contribution < -0.4 is 14.8 Å². The summed E-state index contributed by atoms with van der Waals surface area (Å²) >= 11 is 6.80. The highest BCUT2D eigenvalue weighted by molar-refractivity contribution is 9.11. The van der Waals surface area contributed by atoms with Crippen molar-refractivity contribution in [3.8, 4) is 11.5 Å². The fourth-order valence-electron chi connectivity index (χ4n) is 1.90. The van der Waals surface area contributed by atoms with Crippen LogP contribution in [0.2, 0.25) is 0 Å². The highest BCUT2D eigenvalue weighted by Gasteiger charge is 2.06. The molecule has 1 N–H and O–H groups in total. The number of nitrogens with one attached hydrogen (secondary N) is 1. The molecular formula is C17H17Br2NO3. The van der Waals surface area contributed by atoms with Gasteiger partial charge in [0.2, 0.25) is 5.91 Å². The standard InChI is InChI=1S/C17H17Br2NO3/c1-22-13-5-7-14(8-6-13)23-10-2-3-17(21)20-16-9-4-12(18)11-15(16)19/h4-9,11H,2-3,10H2,1H3,(H,20,21). The van der Waals surface area contributed by atoms with Crippen molar-refractivity contribution in [2.45, 2.75) is 12.8 Å². The van der Waals surface area contributed by atoms with E-state index >= 15 is 0 Å². The van der Waals surface area contributed by atoms with Crippen molar-refractivity contribution >= 4 is 43.5 Å². The van der Waals surface area contributed by atoms with E-state index in [1.165, 1.54) is 0 Å². The lowest BCUT2D eigenvalue weighted by Gasteiger charge is -2.09. The van der Waals surface area contributed by atoms with E-state index in [-0.39, 0.29) is 5.91 Å². The second-order valence-corrected chi connectivity index (χ2v) is 6.57. The second kappa shape index (κ2) is 8.93. The molecule has 122 valence electrons. The zero-order chi connectivity index (χ0) is 16.7. The summed E-state index contributed by atoms with van der Waals surface area (Å²) in [5.41, 5.74) is 0.759. The first kappa shape index (κ1) is 17.8. The lowest BCUT2D eigenvalue weighted by atomic mass is 10.2. The molecule has 0 heterocycles. The van der Waals surface area contributed by atoms with Crippen LogP contribution in [0.5, 0.6) is 11.5 Å². The van der Waals surface area contributed by atoms with Crippen LogP contribution in [0, 0.1) is 0 Å². The molecule has 0 spiro atoms. The van der Waals surface area contributed by atoms with E-state index in [4.69, 9.17) is 9.47 Å². The third-order valence-electron chi connectivity index (χ3n) is 3.08. The van der Waals surface area contributed by atoms with Gasteiger partial charge in [0, 0.05) is 15.4 Å². The van der Waals surface area contributed by atoms with Gasteiger partial charge >= 0.3 is 0 Å². The first-order chi connectivity index (χ1) is 11.1. The largest absolute Gasteiger partial charge is 0.497 e. The first-order valence-electron chi connectivity index (χ1n) is 7.10. The van der Waals surface area contributed by atoms with Gasteiger partial charge in [0.1, 0.15) is 11.5 Å². The van der Waals surface area contributed by atoms with Gasteiger partial charge in [0.15, 0.2) is 0 Å². The van der Waals surface area contributed by atoms with Gasteiger partial charge in [-0.3, -0.25) is 4.79 Å². The van der Waals surface area contributed by atoms with Crippen LogP contribution in [-0.4, -0.2) is 19.6 Å². The van der Waals surface area contributed by atoms with E-state index in [2.05, 4.69) is 37.2 Å². The van der Waals surface area contributed by atoms with E-state index in [1.807, 2.05) is 42.5 Å². The third kappa shape index (κ3) is 5.88. The minimum absolute atomic E-state index is 0.0358. The highest BCUT2D eigenvalue weighted by atomic mass is 79.9. The number of methoxy groups -OCH3 is 1. The number of amides is 1. The van der Waals surface area contributed by atoms with E-state index in [1.54, 1.807) is 7.11 Å². The van der Waals surface area contributed by atoms with Crippen LogP contribution >= 0.6 is 31.9 Å². The number of rotatable bonds is 7. The molecule has 0 unspecified atom stereocenters. The maximum Gasteiger partial charge on any atom is 0.224 e. The third-order valence-corrected chi connectivity index (χ3v) is 4.23. The van der Waals surface area contributed by atoms with Gasteiger partial charge in [-0.15, -0.1) is 0 Å². The molecular weight excluding hydrogens is 426 g/mol. The summed E-state index contributed by atoms with van der Waals surface area (Å²) in [5.74, 6) is 1.52. The van der Waals surface area contributed by atoms with Crippen LogP contribution in [0.1, 0.15) is 12.8 Å². The van der Waals surface area contributed by atoms with Gasteiger partial charge in [-0.05, 0) is 64.8 Å². The Bertz CT molecular complexity index is 659. The zero-order valence-electron chi connectivity index (χ0n) is 12.6. The summed E-state index contributed by atoms with van der Waals surface area (Å²) < 4.78 is 12.5. The van der Waals surface area contributed by atoms with Gasteiger partial charge in [-0.25, -0.2) is 0 Å². The van der Waals surface area contributed by atoms with Crippen molar-refractivity contribution in [2.75, 3.05) is 19.0 Å². The molecule has 0 aliphatic heterocycles. The summed E-state index contributed by atoms with van der Waals surface area (Å²) in [6.45, 7) is 0.487. The molecule has 0 bridgehead atoms. The molecule has 23 heavy (non-hydrogen) atoms. The Kier molecular flexibility index (Phi) is 6.92. The molecule has 0 saturated heterocycles. The Morgan fingerprint density at radius 2 is 1.78 bits per heavy atom. The summed E-state index contributed by atoms with van der Waals surface area (Å²) in [5, 5.41) is 2.87. The number of halogens is 2. The normalized spacial score (nSPS) is 10.2. The Morgan fingerprint density at radius 1 is 1.09 bits per heavy atom. The maximum absolute atomic E-state index is 11.9. The topological polar surface area (TPSA) is 47.6 Å². The molecule has 0 aliphatic rings. The minimum Gasteiger partial charge on any atom is -0.497 e. The Balaban J connectivity index is 1.72. The fourth-order valence-corrected chi connectivity index (χ4v) is 3.04. The van der Waals surface area contributed by atoms with Crippen molar-refractivity contribution in [1.29, 1.82) is 0 Å². The smallest absolute Gasteiger partial charge is 0.224 e. The maximum atomic E-state index is 11.9. The lowest BCUT2D eigenvalue weighted by molar-refractivity contribution is -0.116. The van der Waals surface area contributed by atoms with Crippen molar-refractivity contribution in [3.05, 3.63) is 51.4 Å². The number of carbonyl (C=O) groups is 1. The van der Waals surface area contributed by atoms with E-state index in [0.717, 1.165) is 26.1 Å². The number of ether oxygens (including phenoxy) is 2. The monoisotopic (exact) mass is 441 g/mol. The molecule has 0 aromatic heterocycles. The molecule has 4 nitrogen and oxygen atoms in total. The molecule has 2 rings (SSSR count). The Hall–Kier alpha value is -1.53. The van der Waals surface area contributed by atoms with Crippen LogP contribution in [0.3, 0.4) is 0 Å². The van der Waals surface area contributed by atoms with E-state index < -0.39 is 0 Å². The summed E-state index contributed by atoms with van der Waals surface area (Å²) in [4.78, 5) is 11.9. The fraction of sp³-hybridized carbons (Fsp3) is 0.235. The van der Waals surface area contributed by atoms with Gasteiger partial charge in [0.05, 0.1) is 19.4 Å². The number of carbonyl (C=O) groups excluding carboxylic acids is 1. The average molecular weight is 443 g/mol. The molecule has 6 heteroatoms. The van der Waals surface area contributed by atoms with Gasteiger partial charge < -0.3 is 14.8 Å². The van der Waals surface area contributed by atoms with E-state index in [9.17, 15) is 4.79 Å². The van der Waals surface area contributed by atoms with Crippen LogP contribution in [0.4, 0.5) is 5.69 Å². The van der Waals surface area contributed by atoms with Crippen LogP contribution in [-0.2, 0) is 4.79 Å². The van der Waals surface area contributed by atoms with E-state index in [0.29, 0.717) is 19.4 Å². The zero-order valence-corrected chi connectivity index (χ0v) is 15.8. The summed E-state index contributed by atoms with van der Waals surface area (Å²) in [7, 11) is 1.62. The molecule has 0 fully saturated rings. The number of anilines is 1. The molecule has 2 aromatic carbocycles. The Morgan fingerprint density at radius 3 is 2.43 bits per heavy atom. The van der Waals surface area contributed by atoms with Crippen molar-refractivity contribution in [3.63, 3.8) is 0 Å². The molecule has 2 aromatic rings. The summed E-state index contributed by atoms with van der Waals surface area (Å²) in [6.07, 6.45) is 1.05. The Labute approximate surface area is 152 Å². The molecule has 0 aliphatic carbocycles. The second-order valence-electron chi connectivity index (χ2n) is 4.80. The van der Waals surface area contributed by atoms with Gasteiger partial charge in [-0.2, -0.15) is 0 Å². The number of hydrogen-bond donors (Lipinski definition) is 1. The first-order valence-corrected chi connectivity index (χ1v) is 8.69. The predicted molar refractivity (Wildman–Crippen MR) is 98.2 cm³/mol. The molecule has 1 amide bonds. The highest BCUT2D eigenvalue weighted by Crippen LogP contribution is 2.26. The lowest BCUT2D eigenvalue weighted by Crippen LogP contribution is -2.13. The quantitative estimate of drug-likeness (QED) is 0.612. The number of hydrogen-bond acceptors (Lipinski definition) is 3. The predicted octanol–water partition coefficient (Wildman–Crippen LogP) is 5.02. The minimum atomic E-state index is -0.0358. The van der Waals surface area contributed by atoms with Crippen LogP contribution in [0.25, 0.3) is 0 Å². The molecule has 0 saturated carbocycles. The summed E-state index contributed by atoms with van der Waals surface area (Å²) in [6, 6.07) is 13.0. The average Bonchev–Trinajstić information content (AvgIpc) is 2.55. The van der Waals surface area contributed by atoms with Crippen molar-refractivity contribution in [2.24, 2.45) is 0 Å². The number of benzene rings is 2. The van der Waals surface area contributed by atoms with Gasteiger partial charge in [0.25, 0.3) is 0 Å². The molecule has 0 radical (unpaired) electrons. The van der Waals surface area contributed by atoms with Crippen molar-refractivity contribution in [1.82, 2.24) is 0 Å². The van der Waals surface area contributed by atoms with Crippen molar-refractivity contribution < 1.29 is 14.3 Å². The molecule has 0 atom stereocenters. The van der Waals surface area contributed by atoms with Gasteiger partial charge in [-0.1, -0.05) is 15.9 Å².